The summed E-state index contributed by atoms with van der Waals surface area (Å²) in [6.45, 7) is 6.75. The van der Waals surface area contributed by atoms with Crippen molar-refractivity contribution in [3.63, 3.8) is 0 Å². The minimum Gasteiger partial charge on any atom is -0.354 e. The molecule has 2 heterocycles. The molecule has 0 saturated heterocycles. The average Bonchev–Trinajstić information content (AvgIpc) is 3.01. The van der Waals surface area contributed by atoms with E-state index in [4.69, 9.17) is 23.2 Å². The van der Waals surface area contributed by atoms with Crippen LogP contribution in [-0.4, -0.2) is 32.0 Å². The standard InChI is InChI=1S/C14H19Cl2N5O/c1-9-13(16)10(2)21(19-9)11(3)14(22)17-5-4-6-20-8-12(15)7-18-20/h7-8,11H,4-6H2,1-3H3,(H,17,22). The van der Waals surface area contributed by atoms with Gasteiger partial charge in [-0.2, -0.15) is 10.2 Å². The number of rotatable bonds is 6. The van der Waals surface area contributed by atoms with E-state index in [-0.39, 0.29) is 5.91 Å². The number of nitrogens with one attached hydrogen (secondary N) is 1. The first-order valence-corrected chi connectivity index (χ1v) is 7.82. The number of hydrogen-bond acceptors (Lipinski definition) is 3. The molecule has 0 spiro atoms. The maximum absolute atomic E-state index is 12.2. The lowest BCUT2D eigenvalue weighted by atomic mass is 10.3. The topological polar surface area (TPSA) is 64.7 Å². The molecule has 1 unspecified atom stereocenters. The van der Waals surface area contributed by atoms with E-state index in [1.807, 2.05) is 13.8 Å². The van der Waals surface area contributed by atoms with Gasteiger partial charge in [-0.15, -0.1) is 0 Å². The van der Waals surface area contributed by atoms with Crippen LogP contribution in [0, 0.1) is 13.8 Å². The number of aromatic nitrogens is 4. The highest BCUT2D eigenvalue weighted by Gasteiger charge is 2.19. The molecule has 1 amide bonds. The zero-order chi connectivity index (χ0) is 16.3. The van der Waals surface area contributed by atoms with Gasteiger partial charge in [0.25, 0.3) is 0 Å². The Bertz CT molecular complexity index is 664. The molecule has 2 aromatic rings. The molecule has 0 aliphatic carbocycles. The fraction of sp³-hybridized carbons (Fsp3) is 0.500. The third-order valence-corrected chi connectivity index (χ3v) is 4.19. The Morgan fingerprint density at radius 2 is 2.14 bits per heavy atom. The zero-order valence-electron chi connectivity index (χ0n) is 12.8. The highest BCUT2D eigenvalue weighted by Crippen LogP contribution is 2.22. The van der Waals surface area contributed by atoms with Crippen LogP contribution in [0.4, 0.5) is 0 Å². The van der Waals surface area contributed by atoms with Crippen molar-refractivity contribution in [1.82, 2.24) is 24.9 Å². The summed E-state index contributed by atoms with van der Waals surface area (Å²) in [5.74, 6) is -0.0826. The van der Waals surface area contributed by atoms with E-state index in [9.17, 15) is 4.79 Å². The minimum atomic E-state index is -0.398. The molecule has 22 heavy (non-hydrogen) atoms. The minimum absolute atomic E-state index is 0.0826. The second-order valence-electron chi connectivity index (χ2n) is 5.17. The zero-order valence-corrected chi connectivity index (χ0v) is 14.3. The summed E-state index contributed by atoms with van der Waals surface area (Å²) in [6, 6.07) is -0.398. The first-order valence-electron chi connectivity index (χ1n) is 7.07. The Morgan fingerprint density at radius 3 is 2.68 bits per heavy atom. The molecule has 8 heteroatoms. The van der Waals surface area contributed by atoms with Crippen LogP contribution < -0.4 is 5.32 Å². The molecular formula is C14H19Cl2N5O. The van der Waals surface area contributed by atoms with Gasteiger partial charge in [0.1, 0.15) is 6.04 Å². The van der Waals surface area contributed by atoms with Gasteiger partial charge in [-0.1, -0.05) is 23.2 Å². The van der Waals surface area contributed by atoms with Crippen LogP contribution in [0.25, 0.3) is 0 Å². The lowest BCUT2D eigenvalue weighted by Gasteiger charge is -2.14. The third kappa shape index (κ3) is 3.81. The third-order valence-electron chi connectivity index (χ3n) is 3.45. The van der Waals surface area contributed by atoms with Crippen LogP contribution in [0.3, 0.4) is 0 Å². The van der Waals surface area contributed by atoms with E-state index in [0.29, 0.717) is 23.1 Å². The largest absolute Gasteiger partial charge is 0.354 e. The smallest absolute Gasteiger partial charge is 0.244 e. The Balaban J connectivity index is 1.82. The number of nitrogens with zero attached hydrogens (tertiary/aromatic N) is 4. The van der Waals surface area contributed by atoms with Gasteiger partial charge in [0.2, 0.25) is 5.91 Å². The molecular weight excluding hydrogens is 325 g/mol. The molecule has 0 aliphatic rings. The fourth-order valence-electron chi connectivity index (χ4n) is 2.19. The molecule has 0 radical (unpaired) electrons. The van der Waals surface area contributed by atoms with Crippen molar-refractivity contribution < 1.29 is 4.79 Å². The normalized spacial score (nSPS) is 12.4. The number of halogens is 2. The molecule has 2 aromatic heterocycles. The molecule has 1 atom stereocenters. The maximum atomic E-state index is 12.2. The first kappa shape index (κ1) is 16.8. The van der Waals surface area contributed by atoms with Crippen LogP contribution in [-0.2, 0) is 11.3 Å². The van der Waals surface area contributed by atoms with E-state index in [2.05, 4.69) is 15.5 Å². The molecule has 0 bridgehead atoms. The number of hydrogen-bond donors (Lipinski definition) is 1. The van der Waals surface area contributed by atoms with Crippen LogP contribution in [0.15, 0.2) is 12.4 Å². The number of aryl methyl sites for hydroxylation is 2. The van der Waals surface area contributed by atoms with E-state index in [1.54, 1.807) is 28.7 Å². The van der Waals surface area contributed by atoms with Crippen LogP contribution in [0.5, 0.6) is 0 Å². The van der Waals surface area contributed by atoms with Gasteiger partial charge < -0.3 is 5.32 Å². The van der Waals surface area contributed by atoms with Gasteiger partial charge in [-0.3, -0.25) is 14.2 Å². The van der Waals surface area contributed by atoms with Gasteiger partial charge in [0.15, 0.2) is 0 Å². The van der Waals surface area contributed by atoms with Crippen molar-refractivity contribution in [3.05, 3.63) is 33.8 Å². The maximum Gasteiger partial charge on any atom is 0.244 e. The second kappa shape index (κ2) is 7.15. The Morgan fingerprint density at radius 1 is 1.41 bits per heavy atom. The van der Waals surface area contributed by atoms with Crippen LogP contribution in [0.2, 0.25) is 10.0 Å². The lowest BCUT2D eigenvalue weighted by molar-refractivity contribution is -0.124. The van der Waals surface area contributed by atoms with Gasteiger partial charge in [0.05, 0.1) is 27.6 Å². The monoisotopic (exact) mass is 343 g/mol. The summed E-state index contributed by atoms with van der Waals surface area (Å²) >= 11 is 11.9. The van der Waals surface area contributed by atoms with Gasteiger partial charge in [-0.25, -0.2) is 0 Å². The molecule has 0 aliphatic heterocycles. The summed E-state index contributed by atoms with van der Waals surface area (Å²) in [5.41, 5.74) is 1.53. The predicted molar refractivity (Wildman–Crippen MR) is 86.3 cm³/mol. The van der Waals surface area contributed by atoms with Crippen molar-refractivity contribution in [2.24, 2.45) is 0 Å². The van der Waals surface area contributed by atoms with E-state index in [0.717, 1.165) is 17.8 Å². The quantitative estimate of drug-likeness (QED) is 0.820. The summed E-state index contributed by atoms with van der Waals surface area (Å²) in [7, 11) is 0. The Labute approximate surface area is 139 Å². The number of amides is 1. The van der Waals surface area contributed by atoms with Gasteiger partial charge >= 0.3 is 0 Å². The van der Waals surface area contributed by atoms with Crippen molar-refractivity contribution in [1.29, 1.82) is 0 Å². The molecule has 0 fully saturated rings. The molecule has 120 valence electrons. The average molecular weight is 344 g/mol. The van der Waals surface area contributed by atoms with Gasteiger partial charge in [-0.05, 0) is 27.2 Å². The molecule has 1 N–H and O–H groups in total. The number of carbonyl (C=O) groups excluding carboxylic acids is 1. The summed E-state index contributed by atoms with van der Waals surface area (Å²) in [4.78, 5) is 12.2. The molecule has 2 rings (SSSR count). The summed E-state index contributed by atoms with van der Waals surface area (Å²) in [6.07, 6.45) is 4.12. The Hall–Kier alpha value is -1.53. The SMILES string of the molecule is Cc1nn(C(C)C(=O)NCCCn2cc(Cl)cn2)c(C)c1Cl. The molecule has 0 aromatic carbocycles. The van der Waals surface area contributed by atoms with Gasteiger partial charge in [0, 0.05) is 19.3 Å². The first-order chi connectivity index (χ1) is 10.4. The highest BCUT2D eigenvalue weighted by atomic mass is 35.5. The second-order valence-corrected chi connectivity index (χ2v) is 5.99. The lowest BCUT2D eigenvalue weighted by Crippen LogP contribution is -2.33. The predicted octanol–water partition coefficient (Wildman–Crippen LogP) is 2.77. The Kier molecular flexibility index (Phi) is 5.47. The van der Waals surface area contributed by atoms with Crippen molar-refractivity contribution in [2.45, 2.75) is 39.8 Å². The molecule has 6 nitrogen and oxygen atoms in total. The van der Waals surface area contributed by atoms with E-state index < -0.39 is 6.04 Å². The van der Waals surface area contributed by atoms with E-state index >= 15 is 0 Å². The summed E-state index contributed by atoms with van der Waals surface area (Å²) in [5, 5.41) is 12.5. The van der Waals surface area contributed by atoms with Crippen LogP contribution >= 0.6 is 23.2 Å². The summed E-state index contributed by atoms with van der Waals surface area (Å²) < 4.78 is 3.40. The van der Waals surface area contributed by atoms with Crippen molar-refractivity contribution >= 4 is 29.1 Å². The van der Waals surface area contributed by atoms with E-state index in [1.165, 1.54) is 0 Å². The van der Waals surface area contributed by atoms with Crippen molar-refractivity contribution in [3.8, 4) is 0 Å². The number of carbonyl (C=O) groups is 1. The van der Waals surface area contributed by atoms with Crippen LogP contribution in [0.1, 0.15) is 30.8 Å². The highest BCUT2D eigenvalue weighted by molar-refractivity contribution is 6.31. The van der Waals surface area contributed by atoms with Crippen molar-refractivity contribution in [2.75, 3.05) is 6.54 Å². The fourth-order valence-corrected chi connectivity index (χ4v) is 2.47. The molecule has 0 saturated carbocycles.